The molecule has 0 radical (unpaired) electrons. The summed E-state index contributed by atoms with van der Waals surface area (Å²) in [6, 6.07) is -0.841. The Bertz CT molecular complexity index is 1050. The maximum atomic E-state index is 13.8. The van der Waals surface area contributed by atoms with Gasteiger partial charge in [-0.3, -0.25) is 9.59 Å². The zero-order chi connectivity index (χ0) is 33.9. The van der Waals surface area contributed by atoms with Crippen molar-refractivity contribution in [2.24, 2.45) is 33.9 Å². The molecule has 5 N–H and O–H groups in total. The first-order chi connectivity index (χ1) is 21.8. The largest absolute Gasteiger partial charge is 0.481 e. The Labute approximate surface area is 275 Å². The van der Waals surface area contributed by atoms with Crippen molar-refractivity contribution in [3.63, 3.8) is 0 Å². The van der Waals surface area contributed by atoms with E-state index in [1.54, 1.807) is 5.43 Å². The van der Waals surface area contributed by atoms with Crippen molar-refractivity contribution in [1.29, 1.82) is 0 Å². The van der Waals surface area contributed by atoms with E-state index in [1.807, 2.05) is 0 Å². The number of hydrogen-bond donors (Lipinski definition) is 4. The molecule has 1 aliphatic heterocycles. The number of nitro groups is 1. The van der Waals surface area contributed by atoms with E-state index in [0.717, 1.165) is 25.7 Å². The number of carbonyl (C=O) groups excluding carboxylic acids is 2. The van der Waals surface area contributed by atoms with Crippen molar-refractivity contribution >= 4 is 24.9 Å². The molecule has 0 unspecified atom stereocenters. The lowest BCUT2D eigenvalue weighted by Gasteiger charge is -2.64. The smallest absolute Gasteiger partial charge is 0.404 e. The molecule has 46 heavy (non-hydrogen) atoms. The molecule has 0 aromatic heterocycles. The third-order valence-electron chi connectivity index (χ3n) is 10.3. The number of nitrogens with one attached hydrogen (secondary N) is 3. The van der Waals surface area contributed by atoms with Crippen LogP contribution in [-0.4, -0.2) is 73.4 Å². The molecule has 262 valence electrons. The van der Waals surface area contributed by atoms with E-state index in [2.05, 4.69) is 57.2 Å². The lowest BCUT2D eigenvalue weighted by molar-refractivity contribution is -0.525. The standard InChI is InChI=1S/C32H59BN6O7/c1-7-8-9-10-11-12-17-44-18-15-28(40)36-24(14-13-16-35-30(34)38-39(42)43)29(41)37-27(19-22(2)3)33-45-26-21-23-20-25(31(23,4)5)32(26,6)46-33/h22-27H,7-21H2,1-6H3,(H,36,40)(H,37,41)(H3,34,35,38)/t23-,24+,25-,26-,27+,32+/m1/s1. The van der Waals surface area contributed by atoms with Crippen LogP contribution in [0.15, 0.2) is 4.99 Å². The first-order valence-corrected chi connectivity index (χ1v) is 17.5. The zero-order valence-corrected chi connectivity index (χ0v) is 29.0. The van der Waals surface area contributed by atoms with Crippen molar-refractivity contribution in [1.82, 2.24) is 16.1 Å². The summed E-state index contributed by atoms with van der Waals surface area (Å²) in [6.45, 7) is 14.2. The molecule has 1 heterocycles. The van der Waals surface area contributed by atoms with Crippen LogP contribution in [0.3, 0.4) is 0 Å². The second kappa shape index (κ2) is 17.6. The van der Waals surface area contributed by atoms with E-state index >= 15 is 0 Å². The Balaban J connectivity index is 1.59. The fourth-order valence-corrected chi connectivity index (χ4v) is 7.51. The third kappa shape index (κ3) is 10.5. The third-order valence-corrected chi connectivity index (χ3v) is 10.3. The van der Waals surface area contributed by atoms with Gasteiger partial charge in [-0.25, -0.2) is 15.1 Å². The minimum Gasteiger partial charge on any atom is -0.404 e. The fourth-order valence-electron chi connectivity index (χ4n) is 7.51. The molecule has 4 fully saturated rings. The average molecular weight is 651 g/mol. The number of amides is 2. The molecule has 3 saturated carbocycles. The maximum Gasteiger partial charge on any atom is 0.481 e. The van der Waals surface area contributed by atoms with Crippen molar-refractivity contribution in [3.05, 3.63) is 10.1 Å². The van der Waals surface area contributed by atoms with Crippen LogP contribution < -0.4 is 21.8 Å². The van der Waals surface area contributed by atoms with Crippen LogP contribution in [0.2, 0.25) is 0 Å². The van der Waals surface area contributed by atoms with Gasteiger partial charge in [0.2, 0.25) is 11.8 Å². The number of aliphatic imine (C=N–C) groups is 1. The molecule has 0 aromatic carbocycles. The maximum absolute atomic E-state index is 13.8. The van der Waals surface area contributed by atoms with Gasteiger partial charge in [0.05, 0.1) is 24.3 Å². The van der Waals surface area contributed by atoms with Crippen molar-refractivity contribution in [2.75, 3.05) is 19.8 Å². The van der Waals surface area contributed by atoms with Gasteiger partial charge in [-0.05, 0) is 68.6 Å². The molecule has 4 aliphatic rings. The number of carbonyl (C=O) groups is 2. The summed E-state index contributed by atoms with van der Waals surface area (Å²) in [5.74, 6) is -0.0461. The second-order valence-corrected chi connectivity index (χ2v) is 14.6. The van der Waals surface area contributed by atoms with Gasteiger partial charge in [0.1, 0.15) is 6.04 Å². The molecule has 2 amide bonds. The van der Waals surface area contributed by atoms with Crippen molar-refractivity contribution < 1.29 is 28.7 Å². The topological polar surface area (TPSA) is 179 Å². The number of ether oxygens (including phenoxy) is 1. The van der Waals surface area contributed by atoms with E-state index in [9.17, 15) is 19.7 Å². The molecule has 13 nitrogen and oxygen atoms in total. The van der Waals surface area contributed by atoms with Gasteiger partial charge < -0.3 is 30.4 Å². The Morgan fingerprint density at radius 3 is 2.48 bits per heavy atom. The van der Waals surface area contributed by atoms with E-state index in [4.69, 9.17) is 19.8 Å². The van der Waals surface area contributed by atoms with Crippen molar-refractivity contribution in [2.45, 2.75) is 142 Å². The highest BCUT2D eigenvalue weighted by Gasteiger charge is 2.68. The molecule has 6 atom stereocenters. The highest BCUT2D eigenvalue weighted by molar-refractivity contribution is 6.48. The number of unbranched alkanes of at least 4 members (excludes halogenated alkanes) is 5. The summed E-state index contributed by atoms with van der Waals surface area (Å²) in [4.78, 5) is 41.2. The molecular formula is C32H59BN6O7. The minimum atomic E-state index is -0.841. The highest BCUT2D eigenvalue weighted by atomic mass is 16.7. The number of rotatable bonds is 21. The lowest BCUT2D eigenvalue weighted by atomic mass is 9.43. The Kier molecular flexibility index (Phi) is 14.6. The van der Waals surface area contributed by atoms with Gasteiger partial charge >= 0.3 is 7.12 Å². The van der Waals surface area contributed by atoms with Crippen LogP contribution in [0.1, 0.15) is 119 Å². The number of hydrazine groups is 1. The normalized spacial score (nSPS) is 26.2. The monoisotopic (exact) mass is 650 g/mol. The lowest BCUT2D eigenvalue weighted by Crippen LogP contribution is -2.65. The quantitative estimate of drug-likeness (QED) is 0.0358. The molecule has 3 aliphatic carbocycles. The van der Waals surface area contributed by atoms with Crippen LogP contribution in [-0.2, 0) is 23.6 Å². The predicted octanol–water partition coefficient (Wildman–Crippen LogP) is 3.91. The van der Waals surface area contributed by atoms with Gasteiger partial charge in [-0.1, -0.05) is 72.1 Å². The minimum absolute atomic E-state index is 0.0104. The Morgan fingerprint density at radius 2 is 1.80 bits per heavy atom. The van der Waals surface area contributed by atoms with Crippen LogP contribution >= 0.6 is 0 Å². The summed E-state index contributed by atoms with van der Waals surface area (Å²) >= 11 is 0. The number of guanidine groups is 1. The van der Waals surface area contributed by atoms with Gasteiger partial charge in [-0.2, -0.15) is 0 Å². The molecule has 14 heteroatoms. The van der Waals surface area contributed by atoms with Crippen molar-refractivity contribution in [3.8, 4) is 0 Å². The summed E-state index contributed by atoms with van der Waals surface area (Å²) in [5.41, 5.74) is 7.14. The first-order valence-electron chi connectivity index (χ1n) is 17.5. The summed E-state index contributed by atoms with van der Waals surface area (Å²) in [6.07, 6.45) is 10.5. The van der Waals surface area contributed by atoms with Crippen LogP contribution in [0, 0.1) is 33.3 Å². The molecule has 0 spiro atoms. The van der Waals surface area contributed by atoms with E-state index < -0.39 is 29.7 Å². The highest BCUT2D eigenvalue weighted by Crippen LogP contribution is 2.65. The Morgan fingerprint density at radius 1 is 1.09 bits per heavy atom. The van der Waals surface area contributed by atoms with Crippen LogP contribution in [0.4, 0.5) is 0 Å². The molecule has 4 rings (SSSR count). The van der Waals surface area contributed by atoms with Gasteiger partial charge in [-0.15, -0.1) is 0 Å². The number of nitrogens with zero attached hydrogens (tertiary/aromatic N) is 2. The molecular weight excluding hydrogens is 591 g/mol. The molecule has 0 aromatic rings. The summed E-state index contributed by atoms with van der Waals surface area (Å²) < 4.78 is 18.9. The number of hydrogen-bond acceptors (Lipinski definition) is 8. The molecule has 1 saturated heterocycles. The zero-order valence-electron chi connectivity index (χ0n) is 29.0. The van der Waals surface area contributed by atoms with E-state index in [-0.39, 0.29) is 61.2 Å². The predicted molar refractivity (Wildman–Crippen MR) is 178 cm³/mol. The fraction of sp³-hybridized carbons (Fsp3) is 0.906. The second-order valence-electron chi connectivity index (χ2n) is 14.6. The number of nitrogens with two attached hydrogens (primary N) is 1. The summed E-state index contributed by atoms with van der Waals surface area (Å²) in [5, 5.41) is 15.9. The van der Waals surface area contributed by atoms with Crippen LogP contribution in [0.25, 0.3) is 0 Å². The summed E-state index contributed by atoms with van der Waals surface area (Å²) in [7, 11) is -0.583. The van der Waals surface area contributed by atoms with Gasteiger partial charge in [0, 0.05) is 19.6 Å². The molecule has 2 bridgehead atoms. The van der Waals surface area contributed by atoms with E-state index in [0.29, 0.717) is 31.3 Å². The first kappa shape index (κ1) is 38.0. The van der Waals surface area contributed by atoms with E-state index in [1.165, 1.54) is 25.7 Å². The Hall–Kier alpha value is -2.45. The van der Waals surface area contributed by atoms with Gasteiger partial charge in [0.15, 0.2) is 5.03 Å². The SMILES string of the molecule is CCCCCCCCOCCC(=O)N[C@@H](CCCN=C(N)N[N+](=O)[O-])C(=O)N[C@@H](CC(C)C)B1O[C@@H]2C[C@H]3C[C@H](C3(C)C)[C@]2(C)O1. The van der Waals surface area contributed by atoms with Crippen LogP contribution in [0.5, 0.6) is 0 Å². The average Bonchev–Trinajstić information content (AvgIpc) is 3.34. The van der Waals surface area contributed by atoms with Gasteiger partial charge in [0.25, 0.3) is 5.96 Å².